The average molecular weight is 240 g/mol. The van der Waals surface area contributed by atoms with Crippen LogP contribution in [0.4, 0.5) is 0 Å². The highest BCUT2D eigenvalue weighted by molar-refractivity contribution is 7.78. The molecule has 0 atom stereocenters. The summed E-state index contributed by atoms with van der Waals surface area (Å²) in [5.41, 5.74) is 0. The topological polar surface area (TPSA) is 0 Å². The third-order valence-electron chi connectivity index (χ3n) is 3.04. The molecule has 16 heavy (non-hydrogen) atoms. The van der Waals surface area contributed by atoms with Gasteiger partial charge in [-0.15, -0.1) is 0 Å². The van der Waals surface area contributed by atoms with Gasteiger partial charge in [-0.2, -0.15) is 0 Å². The Labute approximate surface area is 108 Å². The summed E-state index contributed by atoms with van der Waals surface area (Å²) in [6.07, 6.45) is 18.6. The maximum absolute atomic E-state index is 4.63. The Bertz CT molecular complexity index is 168. The van der Waals surface area contributed by atoms with Gasteiger partial charge >= 0.3 is 0 Å². The summed E-state index contributed by atoms with van der Waals surface area (Å²) in [4.78, 5) is 0. The lowest BCUT2D eigenvalue weighted by Gasteiger charge is -2.01. The molecule has 94 valence electrons. The van der Waals surface area contributed by atoms with Crippen molar-refractivity contribution in [3.05, 3.63) is 6.08 Å². The predicted octanol–water partition coefficient (Wildman–Crippen LogP) is 5.84. The molecule has 0 unspecified atom stereocenters. The highest BCUT2D eigenvalue weighted by atomic mass is 32.1. The van der Waals surface area contributed by atoms with Gasteiger partial charge in [-0.3, -0.25) is 0 Å². The molecule has 0 amide bonds. The maximum atomic E-state index is 4.63. The fourth-order valence-electron chi connectivity index (χ4n) is 1.97. The van der Waals surface area contributed by atoms with Crippen LogP contribution in [0, 0.1) is 0 Å². The Hall–Kier alpha value is -0.130. The van der Waals surface area contributed by atoms with Crippen LogP contribution < -0.4 is 0 Å². The minimum atomic E-state index is 1.13. The zero-order chi connectivity index (χ0) is 11.9. The van der Waals surface area contributed by atoms with Crippen molar-refractivity contribution in [3.8, 4) is 0 Å². The molecule has 0 aliphatic heterocycles. The van der Waals surface area contributed by atoms with E-state index in [1.165, 1.54) is 70.6 Å². The maximum Gasteiger partial charge on any atom is -0.0266 e. The van der Waals surface area contributed by atoms with Crippen molar-refractivity contribution < 1.29 is 0 Å². The SMILES string of the molecule is CCCCCCCCCCCCCC=C=S. The van der Waals surface area contributed by atoms with E-state index < -0.39 is 0 Å². The van der Waals surface area contributed by atoms with Crippen molar-refractivity contribution in [2.24, 2.45) is 0 Å². The Balaban J connectivity index is 2.90. The van der Waals surface area contributed by atoms with Crippen molar-refractivity contribution in [1.82, 2.24) is 0 Å². The first-order chi connectivity index (χ1) is 7.91. The molecule has 0 rings (SSSR count). The fourth-order valence-corrected chi connectivity index (χ4v) is 2.09. The molecule has 0 spiro atoms. The Morgan fingerprint density at radius 3 is 1.62 bits per heavy atom. The normalized spacial score (nSPS) is 10.1. The molecule has 1 heteroatoms. The summed E-state index contributed by atoms with van der Waals surface area (Å²) in [6, 6.07) is 0. The second kappa shape index (κ2) is 14.9. The van der Waals surface area contributed by atoms with Gasteiger partial charge in [0.2, 0.25) is 0 Å². The largest absolute Gasteiger partial charge is 0.0654 e. The minimum absolute atomic E-state index is 1.13. The fraction of sp³-hybridized carbons (Fsp3) is 0.867. The molecule has 0 fully saturated rings. The summed E-state index contributed by atoms with van der Waals surface area (Å²) in [6.45, 7) is 2.28. The molecule has 0 aromatic rings. The first-order valence-corrected chi connectivity index (χ1v) is 7.52. The lowest BCUT2D eigenvalue weighted by atomic mass is 10.1. The molecule has 0 saturated heterocycles. The number of rotatable bonds is 12. The molecule has 0 aliphatic carbocycles. The van der Waals surface area contributed by atoms with Gasteiger partial charge in [0, 0.05) is 0 Å². The highest BCUT2D eigenvalue weighted by Crippen LogP contribution is 2.11. The third kappa shape index (κ3) is 13.9. The van der Waals surface area contributed by atoms with E-state index in [0.717, 1.165) is 6.42 Å². The van der Waals surface area contributed by atoms with E-state index in [9.17, 15) is 0 Å². The van der Waals surface area contributed by atoms with Gasteiger partial charge in [0.15, 0.2) is 0 Å². The van der Waals surface area contributed by atoms with E-state index in [0.29, 0.717) is 0 Å². The first kappa shape index (κ1) is 15.9. The number of unbranched alkanes of at least 4 members (excludes halogenated alkanes) is 11. The van der Waals surface area contributed by atoms with E-state index in [2.05, 4.69) is 24.2 Å². The van der Waals surface area contributed by atoms with Crippen LogP contribution in [0.15, 0.2) is 6.08 Å². The van der Waals surface area contributed by atoms with Crippen molar-refractivity contribution in [2.45, 2.75) is 84.0 Å². The second-order valence-corrected chi connectivity index (χ2v) is 4.88. The molecule has 0 bridgehead atoms. The summed E-state index contributed by atoms with van der Waals surface area (Å²) in [5.74, 6) is 0. The van der Waals surface area contributed by atoms with Gasteiger partial charge in [0.05, 0.1) is 0 Å². The van der Waals surface area contributed by atoms with Crippen LogP contribution in [-0.4, -0.2) is 5.02 Å². The molecular formula is C15H28S. The molecule has 0 heterocycles. The highest BCUT2D eigenvalue weighted by Gasteiger charge is 1.92. The van der Waals surface area contributed by atoms with Gasteiger partial charge in [-0.25, -0.2) is 0 Å². The summed E-state index contributed by atoms with van der Waals surface area (Å²) < 4.78 is 0. The van der Waals surface area contributed by atoms with Crippen molar-refractivity contribution in [2.75, 3.05) is 0 Å². The molecule has 0 nitrogen and oxygen atoms in total. The van der Waals surface area contributed by atoms with Crippen LogP contribution in [0.1, 0.15) is 84.0 Å². The van der Waals surface area contributed by atoms with Gasteiger partial charge < -0.3 is 0 Å². The van der Waals surface area contributed by atoms with E-state index in [1.807, 2.05) is 6.08 Å². The van der Waals surface area contributed by atoms with E-state index in [-0.39, 0.29) is 0 Å². The molecule has 0 N–H and O–H groups in total. The van der Waals surface area contributed by atoms with Crippen LogP contribution in [-0.2, 0) is 0 Å². The molecular weight excluding hydrogens is 212 g/mol. The van der Waals surface area contributed by atoms with Crippen LogP contribution in [0.25, 0.3) is 0 Å². The summed E-state index contributed by atoms with van der Waals surface area (Å²) >= 11 is 4.63. The summed E-state index contributed by atoms with van der Waals surface area (Å²) in [5, 5.41) is 2.66. The molecule has 0 aromatic carbocycles. The van der Waals surface area contributed by atoms with Crippen molar-refractivity contribution in [3.63, 3.8) is 0 Å². The van der Waals surface area contributed by atoms with Crippen LogP contribution in [0.5, 0.6) is 0 Å². The van der Waals surface area contributed by atoms with Crippen LogP contribution >= 0.6 is 12.2 Å². The number of allylic oxidation sites excluding steroid dienone is 1. The molecule has 0 aromatic heterocycles. The van der Waals surface area contributed by atoms with E-state index >= 15 is 0 Å². The quantitative estimate of drug-likeness (QED) is 0.305. The Kier molecular flexibility index (Phi) is 14.7. The van der Waals surface area contributed by atoms with Crippen LogP contribution in [0.3, 0.4) is 0 Å². The van der Waals surface area contributed by atoms with Crippen molar-refractivity contribution >= 4 is 17.2 Å². The number of hydrogen-bond acceptors (Lipinski definition) is 1. The van der Waals surface area contributed by atoms with E-state index in [4.69, 9.17) is 0 Å². The number of hydrogen-bond donors (Lipinski definition) is 0. The lowest BCUT2D eigenvalue weighted by molar-refractivity contribution is 0.551. The number of thiocarbonyl (C=S) groups is 1. The Morgan fingerprint density at radius 2 is 1.19 bits per heavy atom. The van der Waals surface area contributed by atoms with Crippen LogP contribution in [0.2, 0.25) is 0 Å². The monoisotopic (exact) mass is 240 g/mol. The third-order valence-corrected chi connectivity index (χ3v) is 3.20. The van der Waals surface area contributed by atoms with Gasteiger partial charge in [0.1, 0.15) is 0 Å². The van der Waals surface area contributed by atoms with Gasteiger partial charge in [-0.05, 0) is 31.1 Å². The minimum Gasteiger partial charge on any atom is -0.0654 e. The van der Waals surface area contributed by atoms with Gasteiger partial charge in [-0.1, -0.05) is 76.2 Å². The average Bonchev–Trinajstić information content (AvgIpc) is 2.31. The summed E-state index contributed by atoms with van der Waals surface area (Å²) in [7, 11) is 0. The Morgan fingerprint density at radius 1 is 0.750 bits per heavy atom. The zero-order valence-corrected chi connectivity index (χ0v) is 11.8. The zero-order valence-electron chi connectivity index (χ0n) is 11.0. The smallest absolute Gasteiger partial charge is 0.0266 e. The standard InChI is InChI=1S/C15H28S/c1-2-3-4-5-6-7-8-9-10-11-12-13-14-15-16/h14H,2-13H2,1H3. The molecule has 0 saturated carbocycles. The van der Waals surface area contributed by atoms with Crippen molar-refractivity contribution in [1.29, 1.82) is 0 Å². The van der Waals surface area contributed by atoms with E-state index in [1.54, 1.807) is 0 Å². The van der Waals surface area contributed by atoms with Gasteiger partial charge in [0.25, 0.3) is 0 Å². The second-order valence-electron chi connectivity index (χ2n) is 4.65. The molecule has 0 radical (unpaired) electrons. The molecule has 0 aliphatic rings. The predicted molar refractivity (Wildman–Crippen MR) is 78.2 cm³/mol. The first-order valence-electron chi connectivity index (χ1n) is 7.11. The lowest BCUT2D eigenvalue weighted by Crippen LogP contribution is -1.81.